The first kappa shape index (κ1) is 14.2. The van der Waals surface area contributed by atoms with Gasteiger partial charge in [0.2, 0.25) is 0 Å². The van der Waals surface area contributed by atoms with Gasteiger partial charge in [-0.2, -0.15) is 0 Å². The summed E-state index contributed by atoms with van der Waals surface area (Å²) in [4.78, 5) is 15.8. The zero-order valence-corrected chi connectivity index (χ0v) is 12.9. The minimum absolute atomic E-state index is 0.0602. The van der Waals surface area contributed by atoms with E-state index in [1.54, 1.807) is 0 Å². The van der Waals surface area contributed by atoms with Crippen molar-refractivity contribution < 1.29 is 4.79 Å². The van der Waals surface area contributed by atoms with Gasteiger partial charge in [-0.25, -0.2) is 0 Å². The largest absolute Gasteiger partial charge is 0.360 e. The molecule has 3 nitrogen and oxygen atoms in total. The van der Waals surface area contributed by atoms with E-state index >= 15 is 0 Å². The molecule has 1 heterocycles. The molecule has 0 aliphatic heterocycles. The van der Waals surface area contributed by atoms with Gasteiger partial charge in [0.15, 0.2) is 0 Å². The van der Waals surface area contributed by atoms with Crippen molar-refractivity contribution in [2.75, 3.05) is 0 Å². The van der Waals surface area contributed by atoms with Crippen molar-refractivity contribution in [3.05, 3.63) is 36.0 Å². The first-order valence-corrected chi connectivity index (χ1v) is 8.04. The molecule has 2 unspecified atom stereocenters. The highest BCUT2D eigenvalue weighted by Crippen LogP contribution is 2.30. The number of amides is 1. The molecule has 1 fully saturated rings. The zero-order valence-electron chi connectivity index (χ0n) is 12.9. The summed E-state index contributed by atoms with van der Waals surface area (Å²) >= 11 is 0. The van der Waals surface area contributed by atoms with Crippen molar-refractivity contribution in [1.29, 1.82) is 0 Å². The van der Waals surface area contributed by atoms with Crippen molar-refractivity contribution in [3.8, 4) is 0 Å². The normalized spacial score (nSPS) is 22.6. The van der Waals surface area contributed by atoms with E-state index in [4.69, 9.17) is 0 Å². The summed E-state index contributed by atoms with van der Waals surface area (Å²) < 4.78 is 0. The molecule has 1 saturated carbocycles. The Morgan fingerprint density at radius 2 is 2.00 bits per heavy atom. The van der Waals surface area contributed by atoms with Crippen LogP contribution in [0.25, 0.3) is 10.9 Å². The number of benzene rings is 1. The molecule has 0 spiro atoms. The predicted octanol–water partition coefficient (Wildman–Crippen LogP) is 4.11. The molecule has 112 valence electrons. The molecule has 3 rings (SSSR count). The van der Waals surface area contributed by atoms with Crippen LogP contribution in [0, 0.1) is 11.8 Å². The number of hydrogen-bond acceptors (Lipinski definition) is 1. The highest BCUT2D eigenvalue weighted by Gasteiger charge is 2.29. The Labute approximate surface area is 126 Å². The third-order valence-electron chi connectivity index (χ3n) is 4.83. The second-order valence-corrected chi connectivity index (χ2v) is 6.52. The highest BCUT2D eigenvalue weighted by atomic mass is 16.1. The van der Waals surface area contributed by atoms with Crippen molar-refractivity contribution in [3.63, 3.8) is 0 Å². The Morgan fingerprint density at radius 1 is 1.24 bits per heavy atom. The van der Waals surface area contributed by atoms with Crippen LogP contribution >= 0.6 is 0 Å². The minimum Gasteiger partial charge on any atom is -0.360 e. The van der Waals surface area contributed by atoms with E-state index in [1.807, 2.05) is 30.5 Å². The third-order valence-corrected chi connectivity index (χ3v) is 4.83. The lowest BCUT2D eigenvalue weighted by Gasteiger charge is -2.34. The zero-order chi connectivity index (χ0) is 14.8. The van der Waals surface area contributed by atoms with E-state index in [1.165, 1.54) is 19.3 Å². The van der Waals surface area contributed by atoms with Gasteiger partial charge in [-0.05, 0) is 30.7 Å². The molecule has 1 amide bonds. The molecule has 21 heavy (non-hydrogen) atoms. The van der Waals surface area contributed by atoms with Crippen LogP contribution in [0.4, 0.5) is 0 Å². The number of carbonyl (C=O) groups excluding carboxylic acids is 1. The number of fused-ring (bicyclic) bond motifs is 1. The number of aromatic nitrogens is 1. The van der Waals surface area contributed by atoms with Crippen LogP contribution in [0.5, 0.6) is 0 Å². The van der Waals surface area contributed by atoms with Crippen LogP contribution < -0.4 is 5.32 Å². The van der Waals surface area contributed by atoms with E-state index in [2.05, 4.69) is 24.1 Å². The fourth-order valence-electron chi connectivity index (χ4n) is 3.64. The van der Waals surface area contributed by atoms with E-state index in [0.29, 0.717) is 17.9 Å². The van der Waals surface area contributed by atoms with Crippen molar-refractivity contribution >= 4 is 16.8 Å². The standard InChI is InChI=1S/C18H24N2O/c1-12(2)13-7-3-6-10-17(13)20-18(21)15-11-19-16-9-5-4-8-14(15)16/h4-5,8-9,11-13,17,19H,3,6-7,10H2,1-2H3,(H,20,21). The molecule has 2 N–H and O–H groups in total. The van der Waals surface area contributed by atoms with Gasteiger partial charge in [-0.15, -0.1) is 0 Å². The Bertz CT molecular complexity index is 629. The smallest absolute Gasteiger partial charge is 0.253 e. The fourth-order valence-corrected chi connectivity index (χ4v) is 3.64. The Hall–Kier alpha value is -1.77. The molecule has 1 aliphatic carbocycles. The quantitative estimate of drug-likeness (QED) is 0.875. The van der Waals surface area contributed by atoms with Crippen LogP contribution in [0.15, 0.2) is 30.5 Å². The van der Waals surface area contributed by atoms with Gasteiger partial charge < -0.3 is 10.3 Å². The summed E-state index contributed by atoms with van der Waals surface area (Å²) in [5, 5.41) is 4.29. The van der Waals surface area contributed by atoms with Gasteiger partial charge in [-0.1, -0.05) is 44.9 Å². The van der Waals surface area contributed by atoms with Gasteiger partial charge in [-0.3, -0.25) is 4.79 Å². The number of nitrogens with one attached hydrogen (secondary N) is 2. The number of H-pyrrole nitrogens is 1. The molecule has 1 aromatic heterocycles. The minimum atomic E-state index is 0.0602. The molecule has 1 aromatic carbocycles. The summed E-state index contributed by atoms with van der Waals surface area (Å²) in [7, 11) is 0. The topological polar surface area (TPSA) is 44.9 Å². The molecule has 3 heteroatoms. The van der Waals surface area contributed by atoms with Gasteiger partial charge in [0.25, 0.3) is 5.91 Å². The predicted molar refractivity (Wildman–Crippen MR) is 86.3 cm³/mol. The summed E-state index contributed by atoms with van der Waals surface area (Å²) in [6, 6.07) is 8.28. The SMILES string of the molecule is CC(C)C1CCCCC1NC(=O)c1c[nH]c2ccccc12. The lowest BCUT2D eigenvalue weighted by molar-refractivity contribution is 0.0891. The second kappa shape index (κ2) is 5.92. The lowest BCUT2D eigenvalue weighted by Crippen LogP contribution is -2.43. The summed E-state index contributed by atoms with van der Waals surface area (Å²) in [5.74, 6) is 1.29. The number of aromatic amines is 1. The highest BCUT2D eigenvalue weighted by molar-refractivity contribution is 6.06. The number of carbonyl (C=O) groups is 1. The molecule has 0 radical (unpaired) electrons. The molecule has 0 bridgehead atoms. The maximum Gasteiger partial charge on any atom is 0.253 e. The van der Waals surface area contributed by atoms with Crippen molar-refractivity contribution in [2.45, 2.75) is 45.6 Å². The number of hydrogen-bond donors (Lipinski definition) is 2. The maximum absolute atomic E-state index is 12.6. The van der Waals surface area contributed by atoms with Crippen LogP contribution in [0.1, 0.15) is 49.9 Å². The van der Waals surface area contributed by atoms with Gasteiger partial charge in [0.05, 0.1) is 5.56 Å². The number of para-hydroxylation sites is 1. The average molecular weight is 284 g/mol. The van der Waals surface area contributed by atoms with Crippen molar-refractivity contribution in [1.82, 2.24) is 10.3 Å². The Kier molecular flexibility index (Phi) is 4.00. The second-order valence-electron chi connectivity index (χ2n) is 6.52. The van der Waals surface area contributed by atoms with Crippen LogP contribution in [-0.4, -0.2) is 16.9 Å². The summed E-state index contributed by atoms with van der Waals surface area (Å²) in [6.07, 6.45) is 6.69. The van der Waals surface area contributed by atoms with E-state index in [9.17, 15) is 4.79 Å². The maximum atomic E-state index is 12.6. The van der Waals surface area contributed by atoms with Crippen LogP contribution in [0.3, 0.4) is 0 Å². The van der Waals surface area contributed by atoms with E-state index in [-0.39, 0.29) is 5.91 Å². The molecule has 2 aromatic rings. The van der Waals surface area contributed by atoms with Gasteiger partial charge in [0, 0.05) is 23.1 Å². The molecule has 0 saturated heterocycles. The molecular formula is C18H24N2O. The Balaban J connectivity index is 1.79. The molecule has 1 aliphatic rings. The fraction of sp³-hybridized carbons (Fsp3) is 0.500. The van der Waals surface area contributed by atoms with Crippen molar-refractivity contribution in [2.24, 2.45) is 11.8 Å². The van der Waals surface area contributed by atoms with E-state index in [0.717, 1.165) is 22.9 Å². The number of rotatable bonds is 3. The average Bonchev–Trinajstić information content (AvgIpc) is 2.91. The monoisotopic (exact) mass is 284 g/mol. The van der Waals surface area contributed by atoms with Gasteiger partial charge >= 0.3 is 0 Å². The summed E-state index contributed by atoms with van der Waals surface area (Å²) in [5.41, 5.74) is 1.78. The van der Waals surface area contributed by atoms with Gasteiger partial charge in [0.1, 0.15) is 0 Å². The van der Waals surface area contributed by atoms with Crippen LogP contribution in [0.2, 0.25) is 0 Å². The molecule has 2 atom stereocenters. The lowest BCUT2D eigenvalue weighted by atomic mass is 9.78. The third kappa shape index (κ3) is 2.82. The Morgan fingerprint density at radius 3 is 2.81 bits per heavy atom. The van der Waals surface area contributed by atoms with E-state index < -0.39 is 0 Å². The first-order valence-electron chi connectivity index (χ1n) is 8.04. The van der Waals surface area contributed by atoms with Crippen LogP contribution in [-0.2, 0) is 0 Å². The first-order chi connectivity index (χ1) is 10.2. The summed E-state index contributed by atoms with van der Waals surface area (Å²) in [6.45, 7) is 4.53. The molecular weight excluding hydrogens is 260 g/mol.